The Labute approximate surface area is 119 Å². The van der Waals surface area contributed by atoms with Crippen molar-refractivity contribution < 1.29 is 0 Å². The Hall–Kier alpha value is -1.66. The lowest BCUT2D eigenvalue weighted by atomic mass is 10.2. The molecule has 0 atom stereocenters. The minimum absolute atomic E-state index is 0.660. The summed E-state index contributed by atoms with van der Waals surface area (Å²) >= 11 is 3.37. The summed E-state index contributed by atoms with van der Waals surface area (Å²) in [6.45, 7) is 0.877. The van der Waals surface area contributed by atoms with E-state index in [0.29, 0.717) is 5.95 Å². The van der Waals surface area contributed by atoms with E-state index < -0.39 is 0 Å². The minimum Gasteiger partial charge on any atom is -0.369 e. The van der Waals surface area contributed by atoms with Crippen LogP contribution in [0.1, 0.15) is 5.56 Å². The molecule has 0 unspecified atom stereocenters. The molecule has 19 heavy (non-hydrogen) atoms. The number of nitrogens with zero attached hydrogens (tertiary/aromatic N) is 2. The standard InChI is InChI=1S/C13H14N4S2/c1-14-13-16-11(10-4-7-19-12(10)17-13)15-5-2-9-3-6-18-8-9/h3-4,6-8H,2,5H2,1H3,(H2,14,15,16,17). The van der Waals surface area contributed by atoms with Crippen LogP contribution in [0.2, 0.25) is 0 Å². The maximum absolute atomic E-state index is 4.49. The van der Waals surface area contributed by atoms with Crippen molar-refractivity contribution in [1.82, 2.24) is 9.97 Å². The zero-order chi connectivity index (χ0) is 13.1. The van der Waals surface area contributed by atoms with E-state index >= 15 is 0 Å². The molecule has 0 spiro atoms. The molecule has 2 N–H and O–H groups in total. The van der Waals surface area contributed by atoms with Gasteiger partial charge in [0.2, 0.25) is 5.95 Å². The van der Waals surface area contributed by atoms with E-state index in [1.807, 2.05) is 12.4 Å². The molecule has 98 valence electrons. The number of anilines is 2. The Bertz CT molecular complexity index is 660. The van der Waals surface area contributed by atoms with Crippen LogP contribution in [0, 0.1) is 0 Å². The molecule has 3 aromatic rings. The second-order valence-corrected chi connectivity index (χ2v) is 5.77. The monoisotopic (exact) mass is 290 g/mol. The number of hydrogen-bond donors (Lipinski definition) is 2. The second kappa shape index (κ2) is 5.54. The topological polar surface area (TPSA) is 49.8 Å². The molecule has 0 saturated carbocycles. The van der Waals surface area contributed by atoms with Gasteiger partial charge >= 0.3 is 0 Å². The van der Waals surface area contributed by atoms with Crippen molar-refractivity contribution >= 4 is 44.7 Å². The van der Waals surface area contributed by atoms with Gasteiger partial charge in [-0.3, -0.25) is 0 Å². The molecule has 0 radical (unpaired) electrons. The zero-order valence-electron chi connectivity index (χ0n) is 10.5. The highest BCUT2D eigenvalue weighted by Gasteiger charge is 2.07. The first-order valence-electron chi connectivity index (χ1n) is 6.05. The van der Waals surface area contributed by atoms with E-state index in [2.05, 4.69) is 43.5 Å². The summed E-state index contributed by atoms with van der Waals surface area (Å²) < 4.78 is 0. The second-order valence-electron chi connectivity index (χ2n) is 4.09. The largest absolute Gasteiger partial charge is 0.369 e. The van der Waals surface area contributed by atoms with Crippen molar-refractivity contribution in [2.24, 2.45) is 0 Å². The van der Waals surface area contributed by atoms with Crippen molar-refractivity contribution in [1.29, 1.82) is 0 Å². The summed E-state index contributed by atoms with van der Waals surface area (Å²) in [7, 11) is 1.84. The third-order valence-corrected chi connectivity index (χ3v) is 4.37. The van der Waals surface area contributed by atoms with E-state index in [9.17, 15) is 0 Å². The third kappa shape index (κ3) is 2.69. The fourth-order valence-corrected chi connectivity index (χ4v) is 3.33. The molecular formula is C13H14N4S2. The molecular weight excluding hydrogens is 276 g/mol. The van der Waals surface area contributed by atoms with Crippen molar-refractivity contribution in [2.75, 3.05) is 24.2 Å². The van der Waals surface area contributed by atoms with Gasteiger partial charge in [-0.25, -0.2) is 4.98 Å². The number of hydrogen-bond acceptors (Lipinski definition) is 6. The van der Waals surface area contributed by atoms with Crippen LogP contribution < -0.4 is 10.6 Å². The first kappa shape index (κ1) is 12.4. The Kier molecular flexibility index (Phi) is 3.61. The normalized spacial score (nSPS) is 10.8. The van der Waals surface area contributed by atoms with E-state index in [1.54, 1.807) is 22.7 Å². The molecule has 3 heterocycles. The fourth-order valence-electron chi connectivity index (χ4n) is 1.86. The Morgan fingerprint density at radius 3 is 2.95 bits per heavy atom. The average Bonchev–Trinajstić information content (AvgIpc) is 3.08. The summed E-state index contributed by atoms with van der Waals surface area (Å²) in [4.78, 5) is 9.93. The highest BCUT2D eigenvalue weighted by molar-refractivity contribution is 7.16. The number of aromatic nitrogens is 2. The van der Waals surface area contributed by atoms with Gasteiger partial charge in [0, 0.05) is 13.6 Å². The van der Waals surface area contributed by atoms with Crippen LogP contribution in [-0.4, -0.2) is 23.6 Å². The van der Waals surface area contributed by atoms with E-state index in [1.165, 1.54) is 5.56 Å². The predicted octanol–water partition coefficient (Wildman–Crippen LogP) is 3.45. The lowest BCUT2D eigenvalue weighted by Gasteiger charge is -2.08. The number of thiophene rings is 2. The van der Waals surface area contributed by atoms with Crippen LogP contribution in [0.3, 0.4) is 0 Å². The molecule has 0 aliphatic rings. The van der Waals surface area contributed by atoms with Gasteiger partial charge in [0.15, 0.2) is 0 Å². The molecule has 0 aromatic carbocycles. The SMILES string of the molecule is CNc1nc(NCCc2ccsc2)c2ccsc2n1. The number of rotatable bonds is 5. The number of nitrogens with one attached hydrogen (secondary N) is 2. The highest BCUT2D eigenvalue weighted by atomic mass is 32.1. The van der Waals surface area contributed by atoms with Crippen molar-refractivity contribution in [3.63, 3.8) is 0 Å². The molecule has 0 saturated heterocycles. The molecule has 0 aliphatic heterocycles. The first-order valence-corrected chi connectivity index (χ1v) is 7.87. The predicted molar refractivity (Wildman–Crippen MR) is 83.5 cm³/mol. The smallest absolute Gasteiger partial charge is 0.225 e. The van der Waals surface area contributed by atoms with Gasteiger partial charge in [0.1, 0.15) is 10.6 Å². The lowest BCUT2D eigenvalue weighted by Crippen LogP contribution is -2.08. The average molecular weight is 290 g/mol. The van der Waals surface area contributed by atoms with Crippen LogP contribution in [0.4, 0.5) is 11.8 Å². The van der Waals surface area contributed by atoms with Crippen molar-refractivity contribution in [2.45, 2.75) is 6.42 Å². The minimum atomic E-state index is 0.660. The van der Waals surface area contributed by atoms with Crippen LogP contribution in [0.5, 0.6) is 0 Å². The van der Waals surface area contributed by atoms with E-state index in [0.717, 1.165) is 29.0 Å². The zero-order valence-corrected chi connectivity index (χ0v) is 12.1. The molecule has 3 rings (SSSR count). The van der Waals surface area contributed by atoms with Gasteiger partial charge in [-0.15, -0.1) is 11.3 Å². The highest BCUT2D eigenvalue weighted by Crippen LogP contribution is 2.26. The quantitative estimate of drug-likeness (QED) is 0.755. The summed E-state index contributed by atoms with van der Waals surface area (Å²) in [6, 6.07) is 4.22. The van der Waals surface area contributed by atoms with E-state index in [-0.39, 0.29) is 0 Å². The van der Waals surface area contributed by atoms with Gasteiger partial charge in [-0.1, -0.05) is 0 Å². The van der Waals surface area contributed by atoms with Crippen LogP contribution in [-0.2, 0) is 6.42 Å². The molecule has 3 aromatic heterocycles. The molecule has 0 aliphatic carbocycles. The van der Waals surface area contributed by atoms with Crippen LogP contribution in [0.15, 0.2) is 28.3 Å². The number of fused-ring (bicyclic) bond motifs is 1. The van der Waals surface area contributed by atoms with Crippen LogP contribution in [0.25, 0.3) is 10.2 Å². The molecule has 0 bridgehead atoms. The summed E-state index contributed by atoms with van der Waals surface area (Å²) in [5.41, 5.74) is 1.36. The maximum atomic E-state index is 4.49. The van der Waals surface area contributed by atoms with Crippen molar-refractivity contribution in [3.8, 4) is 0 Å². The lowest BCUT2D eigenvalue weighted by molar-refractivity contribution is 1.01. The van der Waals surface area contributed by atoms with Gasteiger partial charge in [0.05, 0.1) is 5.39 Å². The Balaban J connectivity index is 1.77. The fraction of sp³-hybridized carbons (Fsp3) is 0.231. The summed E-state index contributed by atoms with van der Waals surface area (Å²) in [5, 5.41) is 13.8. The van der Waals surface area contributed by atoms with E-state index in [4.69, 9.17) is 0 Å². The molecule has 0 amide bonds. The molecule has 4 nitrogen and oxygen atoms in total. The van der Waals surface area contributed by atoms with Gasteiger partial charge in [-0.05, 0) is 40.3 Å². The molecule has 6 heteroatoms. The third-order valence-electron chi connectivity index (χ3n) is 2.83. The molecule has 0 fully saturated rings. The van der Waals surface area contributed by atoms with Gasteiger partial charge < -0.3 is 10.6 Å². The van der Waals surface area contributed by atoms with Crippen LogP contribution >= 0.6 is 22.7 Å². The van der Waals surface area contributed by atoms with Gasteiger partial charge in [0.25, 0.3) is 0 Å². The summed E-state index contributed by atoms with van der Waals surface area (Å²) in [5.74, 6) is 1.57. The van der Waals surface area contributed by atoms with Crippen molar-refractivity contribution in [3.05, 3.63) is 33.8 Å². The summed E-state index contributed by atoms with van der Waals surface area (Å²) in [6.07, 6.45) is 1.01. The Morgan fingerprint density at radius 1 is 1.21 bits per heavy atom. The Morgan fingerprint density at radius 2 is 2.16 bits per heavy atom. The first-order chi connectivity index (χ1) is 9.36. The maximum Gasteiger partial charge on any atom is 0.225 e. The van der Waals surface area contributed by atoms with Gasteiger partial charge in [-0.2, -0.15) is 16.3 Å².